The molecule has 8 nitrogen and oxygen atoms in total. The van der Waals surface area contributed by atoms with Crippen molar-refractivity contribution in [1.29, 1.82) is 0 Å². The van der Waals surface area contributed by atoms with Crippen molar-refractivity contribution in [2.45, 2.75) is 57.1 Å². The van der Waals surface area contributed by atoms with Crippen LogP contribution in [0.2, 0.25) is 0 Å². The highest BCUT2D eigenvalue weighted by Crippen LogP contribution is 2.25. The van der Waals surface area contributed by atoms with Crippen LogP contribution in [0.25, 0.3) is 0 Å². The number of nitrogens with one attached hydrogen (secondary N) is 1. The van der Waals surface area contributed by atoms with Gasteiger partial charge in [-0.2, -0.15) is 0 Å². The van der Waals surface area contributed by atoms with Crippen molar-refractivity contribution in [2.75, 3.05) is 18.0 Å². The summed E-state index contributed by atoms with van der Waals surface area (Å²) >= 11 is 0. The second-order valence-corrected chi connectivity index (χ2v) is 12.2. The zero-order chi connectivity index (χ0) is 29.5. The summed E-state index contributed by atoms with van der Waals surface area (Å²) in [7, 11) is -2.66. The first-order chi connectivity index (χ1) is 18.9. The number of hydrogen-bond donors (Lipinski definition) is 1. The number of nitrogens with zero attached hydrogens (tertiary/aromatic N) is 2. The van der Waals surface area contributed by atoms with Gasteiger partial charge in [0, 0.05) is 12.1 Å². The molecule has 0 bridgehead atoms. The number of carbonyl (C=O) groups is 2. The standard InChI is InChI=1S/C30H36FN3O5S/c1-6-27(29(36)32-30(2,3)4)33(20-22-12-18-25(39-5)19-13-22)28(35)21-34(24-16-14-23(31)15-17-24)40(37,38)26-10-8-7-9-11-26/h7-19,27H,6,20-21H2,1-5H3,(H,32,36). The minimum atomic E-state index is -4.21. The van der Waals surface area contributed by atoms with E-state index in [9.17, 15) is 22.4 Å². The molecule has 0 fully saturated rings. The Morgan fingerprint density at radius 3 is 2.08 bits per heavy atom. The third-order valence-corrected chi connectivity index (χ3v) is 7.91. The molecule has 1 atom stereocenters. The molecule has 40 heavy (non-hydrogen) atoms. The number of anilines is 1. The second kappa shape index (κ2) is 13.0. The van der Waals surface area contributed by atoms with Gasteiger partial charge in [0.1, 0.15) is 24.2 Å². The lowest BCUT2D eigenvalue weighted by atomic mass is 10.1. The molecule has 3 rings (SSSR count). The number of ether oxygens (including phenoxy) is 1. The summed E-state index contributed by atoms with van der Waals surface area (Å²) in [6.07, 6.45) is 0.297. The van der Waals surface area contributed by atoms with Gasteiger partial charge in [-0.15, -0.1) is 0 Å². The fourth-order valence-electron chi connectivity index (χ4n) is 4.16. The Morgan fingerprint density at radius 2 is 1.55 bits per heavy atom. The Hall–Kier alpha value is -3.92. The third kappa shape index (κ3) is 7.81. The molecule has 0 spiro atoms. The summed E-state index contributed by atoms with van der Waals surface area (Å²) < 4.78 is 47.4. The predicted octanol–water partition coefficient (Wildman–Crippen LogP) is 4.75. The molecule has 1 unspecified atom stereocenters. The van der Waals surface area contributed by atoms with E-state index in [-0.39, 0.29) is 23.0 Å². The van der Waals surface area contributed by atoms with Gasteiger partial charge in [-0.1, -0.05) is 37.3 Å². The van der Waals surface area contributed by atoms with E-state index in [1.54, 1.807) is 56.5 Å². The van der Waals surface area contributed by atoms with E-state index in [0.717, 1.165) is 22.0 Å². The molecule has 0 saturated heterocycles. The summed E-state index contributed by atoms with van der Waals surface area (Å²) in [5.74, 6) is -0.847. The van der Waals surface area contributed by atoms with Gasteiger partial charge in [0.15, 0.2) is 0 Å². The molecule has 10 heteroatoms. The highest BCUT2D eigenvalue weighted by Gasteiger charge is 2.34. The number of sulfonamides is 1. The van der Waals surface area contributed by atoms with Gasteiger partial charge in [0.25, 0.3) is 10.0 Å². The fraction of sp³-hybridized carbons (Fsp3) is 0.333. The Kier molecular flexibility index (Phi) is 9.92. The van der Waals surface area contributed by atoms with Crippen molar-refractivity contribution >= 4 is 27.5 Å². The van der Waals surface area contributed by atoms with Gasteiger partial charge in [0.2, 0.25) is 11.8 Å². The lowest BCUT2D eigenvalue weighted by Gasteiger charge is -2.34. The highest BCUT2D eigenvalue weighted by atomic mass is 32.2. The van der Waals surface area contributed by atoms with Crippen LogP contribution in [0.15, 0.2) is 83.8 Å². The number of benzene rings is 3. The number of carbonyl (C=O) groups excluding carboxylic acids is 2. The SMILES string of the molecule is CCC(C(=O)NC(C)(C)C)N(Cc1ccc(OC)cc1)C(=O)CN(c1ccc(F)cc1)S(=O)(=O)c1ccccc1. The average molecular weight is 570 g/mol. The van der Waals surface area contributed by atoms with Gasteiger partial charge >= 0.3 is 0 Å². The van der Waals surface area contributed by atoms with Crippen LogP contribution in [-0.2, 0) is 26.2 Å². The summed E-state index contributed by atoms with van der Waals surface area (Å²) in [6, 6.07) is 18.8. The highest BCUT2D eigenvalue weighted by molar-refractivity contribution is 7.92. The van der Waals surface area contributed by atoms with Gasteiger partial charge < -0.3 is 15.0 Å². The topological polar surface area (TPSA) is 96.0 Å². The average Bonchev–Trinajstić information content (AvgIpc) is 2.92. The van der Waals surface area contributed by atoms with Crippen molar-refractivity contribution in [2.24, 2.45) is 0 Å². The molecule has 3 aromatic rings. The molecule has 3 aromatic carbocycles. The summed E-state index contributed by atoms with van der Waals surface area (Å²) in [4.78, 5) is 28.7. The molecule has 214 valence electrons. The van der Waals surface area contributed by atoms with Crippen molar-refractivity contribution < 1.29 is 27.1 Å². The maximum Gasteiger partial charge on any atom is 0.264 e. The molecule has 0 aliphatic rings. The monoisotopic (exact) mass is 569 g/mol. The normalized spacial score (nSPS) is 12.3. The van der Waals surface area contributed by atoms with E-state index >= 15 is 0 Å². The number of rotatable bonds is 11. The largest absolute Gasteiger partial charge is 0.497 e. The molecule has 1 N–H and O–H groups in total. The number of hydrogen-bond acceptors (Lipinski definition) is 5. The maximum atomic E-state index is 14.0. The summed E-state index contributed by atoms with van der Waals surface area (Å²) in [5.41, 5.74) is 0.307. The molecule has 2 amide bonds. The molecular formula is C30H36FN3O5S. The van der Waals surface area contributed by atoms with Crippen LogP contribution in [0.5, 0.6) is 5.75 Å². The Balaban J connectivity index is 2.05. The van der Waals surface area contributed by atoms with Crippen molar-refractivity contribution in [3.63, 3.8) is 0 Å². The fourth-order valence-corrected chi connectivity index (χ4v) is 5.59. The first-order valence-electron chi connectivity index (χ1n) is 12.9. The first-order valence-corrected chi connectivity index (χ1v) is 14.4. The number of methoxy groups -OCH3 is 1. The van der Waals surface area contributed by atoms with Gasteiger partial charge in [-0.05, 0) is 81.3 Å². The van der Waals surface area contributed by atoms with Crippen molar-refractivity contribution in [3.8, 4) is 5.75 Å². The van der Waals surface area contributed by atoms with Gasteiger partial charge in [-0.25, -0.2) is 12.8 Å². The smallest absolute Gasteiger partial charge is 0.264 e. The molecular weight excluding hydrogens is 533 g/mol. The minimum Gasteiger partial charge on any atom is -0.497 e. The zero-order valence-corrected chi connectivity index (χ0v) is 24.2. The van der Waals surface area contributed by atoms with E-state index in [4.69, 9.17) is 4.74 Å². The number of halogens is 1. The first kappa shape index (κ1) is 30.6. The third-order valence-electron chi connectivity index (χ3n) is 6.12. The maximum absolute atomic E-state index is 14.0. The number of amides is 2. The van der Waals surface area contributed by atoms with E-state index in [1.807, 2.05) is 20.8 Å². The second-order valence-electron chi connectivity index (χ2n) is 10.3. The van der Waals surface area contributed by atoms with Crippen LogP contribution in [0.4, 0.5) is 10.1 Å². The molecule has 0 radical (unpaired) electrons. The quantitative estimate of drug-likeness (QED) is 0.360. The minimum absolute atomic E-state index is 0.0219. The molecule has 0 aliphatic heterocycles. The van der Waals surface area contributed by atoms with Gasteiger partial charge in [-0.3, -0.25) is 13.9 Å². The predicted molar refractivity (Wildman–Crippen MR) is 153 cm³/mol. The van der Waals surface area contributed by atoms with Gasteiger partial charge in [0.05, 0.1) is 17.7 Å². The molecule has 0 aromatic heterocycles. The zero-order valence-electron chi connectivity index (χ0n) is 23.4. The van der Waals surface area contributed by atoms with Crippen molar-refractivity contribution in [1.82, 2.24) is 10.2 Å². The molecule has 0 heterocycles. The van der Waals surface area contributed by atoms with Crippen LogP contribution in [-0.4, -0.2) is 50.4 Å². The molecule has 0 saturated carbocycles. The lowest BCUT2D eigenvalue weighted by Crippen LogP contribution is -2.55. The Bertz CT molecular complexity index is 1390. The van der Waals surface area contributed by atoms with Crippen LogP contribution in [0.1, 0.15) is 39.7 Å². The van der Waals surface area contributed by atoms with Crippen LogP contribution >= 0.6 is 0 Å². The van der Waals surface area contributed by atoms with E-state index in [0.29, 0.717) is 12.2 Å². The Labute approximate surface area is 235 Å². The van der Waals surface area contributed by atoms with Crippen LogP contribution in [0.3, 0.4) is 0 Å². The molecule has 0 aliphatic carbocycles. The lowest BCUT2D eigenvalue weighted by molar-refractivity contribution is -0.141. The van der Waals surface area contributed by atoms with Crippen molar-refractivity contribution in [3.05, 3.63) is 90.2 Å². The van der Waals surface area contributed by atoms with E-state index < -0.39 is 39.9 Å². The van der Waals surface area contributed by atoms with E-state index in [2.05, 4.69) is 5.32 Å². The van der Waals surface area contributed by atoms with Crippen LogP contribution < -0.4 is 14.4 Å². The Morgan fingerprint density at radius 1 is 0.950 bits per heavy atom. The van der Waals surface area contributed by atoms with Crippen LogP contribution in [0, 0.1) is 5.82 Å². The summed E-state index contributed by atoms with van der Waals surface area (Å²) in [6.45, 7) is 6.78. The summed E-state index contributed by atoms with van der Waals surface area (Å²) in [5, 5.41) is 2.93. The van der Waals surface area contributed by atoms with E-state index in [1.165, 1.54) is 29.2 Å².